The molecule has 0 bridgehead atoms. The van der Waals surface area contributed by atoms with E-state index in [2.05, 4.69) is 10.6 Å². The summed E-state index contributed by atoms with van der Waals surface area (Å²) in [6.45, 7) is 0.491. The molecule has 8 heteroatoms. The molecule has 1 unspecified atom stereocenters. The Morgan fingerprint density at radius 2 is 1.95 bits per heavy atom. The molecule has 0 aromatic rings. The SMILES string of the molecule is CSC1(CNC(=O)NC(CCC(=O)O)C(=O)O)CCC1. The standard InChI is InChI=1S/C12H20N2O5S/c1-20-12(5-2-6-12)7-13-11(19)14-8(10(17)18)3-4-9(15)16/h8H,2-7H2,1H3,(H,15,16)(H,17,18)(H2,13,14,19). The molecule has 1 rings (SSSR count). The Hall–Kier alpha value is -1.44. The highest BCUT2D eigenvalue weighted by Crippen LogP contribution is 2.42. The highest BCUT2D eigenvalue weighted by Gasteiger charge is 2.36. The van der Waals surface area contributed by atoms with Gasteiger partial charge in [0.25, 0.3) is 0 Å². The van der Waals surface area contributed by atoms with E-state index in [1.165, 1.54) is 0 Å². The largest absolute Gasteiger partial charge is 0.481 e. The highest BCUT2D eigenvalue weighted by molar-refractivity contribution is 8.00. The smallest absolute Gasteiger partial charge is 0.326 e. The molecule has 0 saturated heterocycles. The number of carboxylic acid groups (broad SMARTS) is 2. The van der Waals surface area contributed by atoms with Gasteiger partial charge in [-0.1, -0.05) is 6.42 Å². The first-order chi connectivity index (χ1) is 9.38. The molecule has 0 spiro atoms. The number of urea groups is 1. The van der Waals surface area contributed by atoms with E-state index in [1.54, 1.807) is 11.8 Å². The third-order valence-corrected chi connectivity index (χ3v) is 4.94. The summed E-state index contributed by atoms with van der Waals surface area (Å²) in [4.78, 5) is 33.0. The van der Waals surface area contributed by atoms with Gasteiger partial charge in [0, 0.05) is 17.7 Å². The minimum Gasteiger partial charge on any atom is -0.481 e. The molecule has 1 fully saturated rings. The van der Waals surface area contributed by atoms with Crippen LogP contribution >= 0.6 is 11.8 Å². The predicted molar refractivity (Wildman–Crippen MR) is 74.9 cm³/mol. The van der Waals surface area contributed by atoms with Gasteiger partial charge >= 0.3 is 18.0 Å². The van der Waals surface area contributed by atoms with E-state index >= 15 is 0 Å². The lowest BCUT2D eigenvalue weighted by molar-refractivity contribution is -0.140. The number of hydrogen-bond acceptors (Lipinski definition) is 4. The molecular weight excluding hydrogens is 284 g/mol. The Morgan fingerprint density at radius 3 is 2.35 bits per heavy atom. The Bertz CT molecular complexity index is 379. The van der Waals surface area contributed by atoms with Crippen molar-refractivity contribution in [3.05, 3.63) is 0 Å². The third-order valence-electron chi connectivity index (χ3n) is 3.52. The van der Waals surface area contributed by atoms with Gasteiger partial charge in [-0.25, -0.2) is 9.59 Å². The van der Waals surface area contributed by atoms with Crippen LogP contribution in [-0.2, 0) is 9.59 Å². The second-order valence-corrected chi connectivity index (χ2v) is 6.17. The summed E-state index contributed by atoms with van der Waals surface area (Å²) in [5.74, 6) is -2.32. The van der Waals surface area contributed by atoms with Crippen LogP contribution in [-0.4, -0.2) is 51.8 Å². The first-order valence-electron chi connectivity index (χ1n) is 6.43. The van der Waals surface area contributed by atoms with Gasteiger partial charge in [-0.3, -0.25) is 4.79 Å². The van der Waals surface area contributed by atoms with Crippen LogP contribution in [0.2, 0.25) is 0 Å². The van der Waals surface area contributed by atoms with Crippen molar-refractivity contribution in [3.63, 3.8) is 0 Å². The monoisotopic (exact) mass is 304 g/mol. The summed E-state index contributed by atoms with van der Waals surface area (Å²) in [6, 6.07) is -1.75. The number of carbonyl (C=O) groups excluding carboxylic acids is 1. The average Bonchev–Trinajstić information content (AvgIpc) is 2.33. The number of rotatable bonds is 8. The number of nitrogens with one attached hydrogen (secondary N) is 2. The van der Waals surface area contributed by atoms with Gasteiger partial charge in [0.1, 0.15) is 6.04 Å². The van der Waals surface area contributed by atoms with E-state index < -0.39 is 24.0 Å². The zero-order chi connectivity index (χ0) is 15.2. The molecule has 20 heavy (non-hydrogen) atoms. The molecule has 1 aliphatic carbocycles. The summed E-state index contributed by atoms with van der Waals surface area (Å²) in [5.41, 5.74) is 0. The lowest BCUT2D eigenvalue weighted by Crippen LogP contribution is -2.51. The normalized spacial score (nSPS) is 17.6. The van der Waals surface area contributed by atoms with Crippen molar-refractivity contribution < 1.29 is 24.6 Å². The van der Waals surface area contributed by atoms with Gasteiger partial charge in [-0.15, -0.1) is 0 Å². The first-order valence-corrected chi connectivity index (χ1v) is 7.65. The maximum Gasteiger partial charge on any atom is 0.326 e. The van der Waals surface area contributed by atoms with Crippen LogP contribution in [0.1, 0.15) is 32.1 Å². The number of carbonyl (C=O) groups is 3. The van der Waals surface area contributed by atoms with Crippen LogP contribution in [0, 0.1) is 0 Å². The van der Waals surface area contributed by atoms with Gasteiger partial charge in [-0.05, 0) is 25.5 Å². The van der Waals surface area contributed by atoms with Crippen LogP contribution in [0.15, 0.2) is 0 Å². The number of aliphatic carboxylic acids is 2. The minimum atomic E-state index is -1.23. The lowest BCUT2D eigenvalue weighted by atomic mass is 9.84. The molecule has 1 aliphatic rings. The molecule has 4 N–H and O–H groups in total. The van der Waals surface area contributed by atoms with E-state index in [0.29, 0.717) is 6.54 Å². The van der Waals surface area contributed by atoms with Crippen LogP contribution in [0.3, 0.4) is 0 Å². The van der Waals surface area contributed by atoms with E-state index in [9.17, 15) is 14.4 Å². The summed E-state index contributed by atoms with van der Waals surface area (Å²) < 4.78 is 0.0666. The summed E-state index contributed by atoms with van der Waals surface area (Å²) in [5, 5.41) is 22.4. The van der Waals surface area contributed by atoms with Crippen molar-refractivity contribution in [2.24, 2.45) is 0 Å². The zero-order valence-corrected chi connectivity index (χ0v) is 12.2. The fourth-order valence-corrected chi connectivity index (χ4v) is 2.91. The average molecular weight is 304 g/mol. The van der Waals surface area contributed by atoms with Crippen molar-refractivity contribution >= 4 is 29.7 Å². The Balaban J connectivity index is 2.37. The van der Waals surface area contributed by atoms with E-state index in [1.807, 2.05) is 6.26 Å². The predicted octanol–water partition coefficient (Wildman–Crippen LogP) is 0.889. The van der Waals surface area contributed by atoms with E-state index in [0.717, 1.165) is 19.3 Å². The van der Waals surface area contributed by atoms with Crippen molar-refractivity contribution in [1.29, 1.82) is 0 Å². The van der Waals surface area contributed by atoms with Crippen LogP contribution in [0.5, 0.6) is 0 Å². The second-order valence-electron chi connectivity index (χ2n) is 4.89. The Morgan fingerprint density at radius 1 is 1.30 bits per heavy atom. The molecule has 0 aliphatic heterocycles. The van der Waals surface area contributed by atoms with E-state index in [4.69, 9.17) is 10.2 Å². The number of thioether (sulfide) groups is 1. The molecule has 2 amide bonds. The molecule has 114 valence electrons. The zero-order valence-electron chi connectivity index (χ0n) is 11.3. The molecule has 0 aromatic heterocycles. The molecule has 1 atom stereocenters. The highest BCUT2D eigenvalue weighted by atomic mass is 32.2. The minimum absolute atomic E-state index is 0.0666. The fourth-order valence-electron chi connectivity index (χ4n) is 2.00. The summed E-state index contributed by atoms with van der Waals surface area (Å²) >= 11 is 1.70. The Labute approximate surface area is 121 Å². The van der Waals surface area contributed by atoms with Crippen molar-refractivity contribution in [2.75, 3.05) is 12.8 Å². The molecule has 0 aromatic carbocycles. The molecular formula is C12H20N2O5S. The van der Waals surface area contributed by atoms with Crippen LogP contribution < -0.4 is 10.6 Å². The fraction of sp³-hybridized carbons (Fsp3) is 0.750. The van der Waals surface area contributed by atoms with Crippen molar-refractivity contribution in [3.8, 4) is 0 Å². The van der Waals surface area contributed by atoms with Gasteiger partial charge in [-0.2, -0.15) is 11.8 Å². The number of carboxylic acids is 2. The Kier molecular flexibility index (Phi) is 6.12. The van der Waals surface area contributed by atoms with Gasteiger partial charge < -0.3 is 20.8 Å². The van der Waals surface area contributed by atoms with E-state index in [-0.39, 0.29) is 17.6 Å². The molecule has 1 saturated carbocycles. The lowest BCUT2D eigenvalue weighted by Gasteiger charge is -2.40. The van der Waals surface area contributed by atoms with Crippen molar-refractivity contribution in [2.45, 2.75) is 42.9 Å². The molecule has 7 nitrogen and oxygen atoms in total. The third kappa shape index (κ3) is 4.92. The topological polar surface area (TPSA) is 116 Å². The quantitative estimate of drug-likeness (QED) is 0.529. The van der Waals surface area contributed by atoms with Crippen LogP contribution in [0.25, 0.3) is 0 Å². The van der Waals surface area contributed by atoms with Crippen LogP contribution in [0.4, 0.5) is 4.79 Å². The van der Waals surface area contributed by atoms with Gasteiger partial charge in [0.2, 0.25) is 0 Å². The molecule has 0 heterocycles. The molecule has 0 radical (unpaired) electrons. The maximum absolute atomic E-state index is 11.7. The van der Waals surface area contributed by atoms with Crippen molar-refractivity contribution in [1.82, 2.24) is 10.6 Å². The maximum atomic E-state index is 11.7. The number of amides is 2. The summed E-state index contributed by atoms with van der Waals surface area (Å²) in [7, 11) is 0. The van der Waals surface area contributed by atoms with Gasteiger partial charge in [0.05, 0.1) is 0 Å². The number of hydrogen-bond donors (Lipinski definition) is 4. The first kappa shape index (κ1) is 16.6. The summed E-state index contributed by atoms with van der Waals surface area (Å²) in [6.07, 6.45) is 4.77. The van der Waals surface area contributed by atoms with Gasteiger partial charge in [0.15, 0.2) is 0 Å². The second kappa shape index (κ2) is 7.37.